The van der Waals surface area contributed by atoms with Gasteiger partial charge in [-0.1, -0.05) is 6.07 Å². The van der Waals surface area contributed by atoms with Crippen molar-refractivity contribution < 1.29 is 18.4 Å². The smallest absolute Gasteiger partial charge is 0.267 e. The third-order valence-electron chi connectivity index (χ3n) is 5.61. The van der Waals surface area contributed by atoms with Crippen LogP contribution in [0.1, 0.15) is 37.5 Å². The van der Waals surface area contributed by atoms with E-state index in [4.69, 9.17) is 0 Å². The summed E-state index contributed by atoms with van der Waals surface area (Å²) in [7, 11) is 0. The number of halogens is 2. The molecule has 0 spiro atoms. The van der Waals surface area contributed by atoms with E-state index < -0.39 is 23.4 Å². The molecule has 4 aromatic rings. The summed E-state index contributed by atoms with van der Waals surface area (Å²) in [5, 5.41) is 4.69. The van der Waals surface area contributed by atoms with Gasteiger partial charge in [0.05, 0.1) is 27.9 Å². The third-order valence-corrected chi connectivity index (χ3v) is 5.61. The number of aromatic nitrogens is 3. The molecule has 0 saturated heterocycles. The lowest BCUT2D eigenvalue weighted by molar-refractivity contribution is 0.0926. The average molecular weight is 418 g/mol. The zero-order valence-corrected chi connectivity index (χ0v) is 16.9. The summed E-state index contributed by atoms with van der Waals surface area (Å²) < 4.78 is 28.9. The van der Waals surface area contributed by atoms with E-state index in [1.54, 1.807) is 19.1 Å². The summed E-state index contributed by atoms with van der Waals surface area (Å²) in [4.78, 5) is 31.8. The van der Waals surface area contributed by atoms with E-state index in [-0.39, 0.29) is 22.5 Å². The van der Waals surface area contributed by atoms with Crippen molar-refractivity contribution >= 4 is 28.5 Å². The Bertz CT molecular complexity index is 1440. The number of carbonyl (C=O) groups is 2. The molecule has 0 atom stereocenters. The first kappa shape index (κ1) is 19.0. The third kappa shape index (κ3) is 2.68. The lowest BCUT2D eigenvalue weighted by atomic mass is 10.1. The van der Waals surface area contributed by atoms with Gasteiger partial charge in [0, 0.05) is 12.3 Å². The first-order valence-electron chi connectivity index (χ1n) is 9.57. The Hall–Kier alpha value is -3.94. The molecule has 2 aromatic heterocycles. The van der Waals surface area contributed by atoms with E-state index in [0.29, 0.717) is 16.8 Å². The number of benzene rings is 2. The zero-order chi connectivity index (χ0) is 22.0. The molecule has 154 valence electrons. The number of anilines is 1. The topological polar surface area (TPSA) is 68.1 Å². The molecule has 0 aliphatic carbocycles. The molecule has 2 amide bonds. The predicted octanol–water partition coefficient (Wildman–Crippen LogP) is 4.42. The van der Waals surface area contributed by atoms with Crippen LogP contribution in [0.3, 0.4) is 0 Å². The average Bonchev–Trinajstić information content (AvgIpc) is 3.18. The highest BCUT2D eigenvalue weighted by Crippen LogP contribution is 2.35. The second-order valence-electron chi connectivity index (χ2n) is 7.55. The summed E-state index contributed by atoms with van der Waals surface area (Å²) in [6.45, 7) is 5.50. The predicted molar refractivity (Wildman–Crippen MR) is 111 cm³/mol. The van der Waals surface area contributed by atoms with Crippen LogP contribution < -0.4 is 4.90 Å². The summed E-state index contributed by atoms with van der Waals surface area (Å²) in [6, 6.07) is 8.47. The number of fused-ring (bicyclic) bond motifs is 3. The van der Waals surface area contributed by atoms with Crippen LogP contribution in [0.15, 0.2) is 42.6 Å². The van der Waals surface area contributed by atoms with Crippen LogP contribution in [-0.2, 0) is 0 Å². The van der Waals surface area contributed by atoms with Crippen LogP contribution in [0.5, 0.6) is 0 Å². The largest absolute Gasteiger partial charge is 0.268 e. The molecule has 0 unspecified atom stereocenters. The van der Waals surface area contributed by atoms with Gasteiger partial charge in [-0.2, -0.15) is 5.10 Å². The van der Waals surface area contributed by atoms with E-state index in [1.807, 2.05) is 19.9 Å². The highest BCUT2D eigenvalue weighted by atomic mass is 19.1. The number of rotatable bonds is 2. The number of aryl methyl sites for hydroxylation is 3. The van der Waals surface area contributed by atoms with Crippen molar-refractivity contribution in [2.75, 3.05) is 4.90 Å². The van der Waals surface area contributed by atoms with Gasteiger partial charge in [-0.05, 0) is 56.2 Å². The van der Waals surface area contributed by atoms with Gasteiger partial charge in [-0.15, -0.1) is 0 Å². The summed E-state index contributed by atoms with van der Waals surface area (Å²) in [6.07, 6.45) is 1.30. The van der Waals surface area contributed by atoms with E-state index >= 15 is 0 Å². The molecular weight excluding hydrogens is 402 g/mol. The summed E-state index contributed by atoms with van der Waals surface area (Å²) in [5.41, 5.74) is 3.43. The van der Waals surface area contributed by atoms with Crippen molar-refractivity contribution in [2.24, 2.45) is 0 Å². The Morgan fingerprint density at radius 3 is 2.39 bits per heavy atom. The second-order valence-corrected chi connectivity index (χ2v) is 7.55. The van der Waals surface area contributed by atoms with Crippen molar-refractivity contribution in [1.29, 1.82) is 0 Å². The van der Waals surface area contributed by atoms with Crippen molar-refractivity contribution in [1.82, 2.24) is 14.8 Å². The molecule has 31 heavy (non-hydrogen) atoms. The number of amides is 2. The first-order valence-corrected chi connectivity index (χ1v) is 9.57. The second kappa shape index (κ2) is 6.53. The van der Waals surface area contributed by atoms with Gasteiger partial charge < -0.3 is 0 Å². The molecule has 0 radical (unpaired) electrons. The molecule has 1 aliphatic heterocycles. The Morgan fingerprint density at radius 2 is 1.68 bits per heavy atom. The fourth-order valence-corrected chi connectivity index (χ4v) is 3.88. The molecular formula is C23H16F2N4O2. The summed E-state index contributed by atoms with van der Waals surface area (Å²) >= 11 is 0. The molecule has 5 rings (SSSR count). The Kier molecular flexibility index (Phi) is 4.01. The van der Waals surface area contributed by atoms with E-state index in [2.05, 4.69) is 10.1 Å². The van der Waals surface area contributed by atoms with Gasteiger partial charge in [0.15, 0.2) is 11.5 Å². The SMILES string of the molecule is Cc1ccc(N2C(=O)c3cnc4c(c(C)nn4-c4ccc(F)cc4F)c3C2=O)cc1C. The van der Waals surface area contributed by atoms with E-state index in [1.165, 1.54) is 16.9 Å². The minimum absolute atomic E-state index is 0.00487. The number of pyridine rings is 1. The van der Waals surface area contributed by atoms with Gasteiger partial charge in [-0.3, -0.25) is 9.59 Å². The first-order chi connectivity index (χ1) is 14.8. The minimum Gasteiger partial charge on any atom is -0.268 e. The molecule has 0 fully saturated rings. The van der Waals surface area contributed by atoms with Gasteiger partial charge in [-0.25, -0.2) is 23.3 Å². The molecule has 0 bridgehead atoms. The lowest BCUT2D eigenvalue weighted by Crippen LogP contribution is -2.29. The van der Waals surface area contributed by atoms with Gasteiger partial charge >= 0.3 is 0 Å². The number of hydrogen-bond donors (Lipinski definition) is 0. The van der Waals surface area contributed by atoms with Crippen LogP contribution >= 0.6 is 0 Å². The molecule has 0 N–H and O–H groups in total. The highest BCUT2D eigenvalue weighted by Gasteiger charge is 2.40. The van der Waals surface area contributed by atoms with Crippen molar-refractivity contribution in [2.45, 2.75) is 20.8 Å². The van der Waals surface area contributed by atoms with Crippen molar-refractivity contribution in [3.8, 4) is 5.69 Å². The van der Waals surface area contributed by atoms with Gasteiger partial charge in [0.25, 0.3) is 11.8 Å². The quantitative estimate of drug-likeness (QED) is 0.452. The standard InChI is InChI=1S/C23H16F2N4O2/c1-11-4-6-15(8-12(11)2)28-22(30)16-10-26-21-19(20(16)23(28)31)13(3)27-29(21)18-7-5-14(24)9-17(18)25/h4-10H,1-3H3. The fraction of sp³-hybridized carbons (Fsp3) is 0.130. The molecule has 8 heteroatoms. The Labute approximate surface area is 175 Å². The molecule has 1 aliphatic rings. The summed E-state index contributed by atoms with van der Waals surface area (Å²) in [5.74, 6) is -2.49. The number of nitrogens with zero attached hydrogens (tertiary/aromatic N) is 4. The Balaban J connectivity index is 1.71. The van der Waals surface area contributed by atoms with Crippen LogP contribution in [0.25, 0.3) is 16.7 Å². The van der Waals surface area contributed by atoms with Gasteiger partial charge in [0.2, 0.25) is 0 Å². The highest BCUT2D eigenvalue weighted by molar-refractivity contribution is 6.37. The van der Waals surface area contributed by atoms with Crippen LogP contribution in [-0.4, -0.2) is 26.6 Å². The fourth-order valence-electron chi connectivity index (χ4n) is 3.88. The van der Waals surface area contributed by atoms with Crippen LogP contribution in [0, 0.1) is 32.4 Å². The Morgan fingerprint density at radius 1 is 0.903 bits per heavy atom. The normalized spacial score (nSPS) is 13.4. The number of hydrogen-bond acceptors (Lipinski definition) is 4. The van der Waals surface area contributed by atoms with Crippen LogP contribution in [0.4, 0.5) is 14.5 Å². The minimum atomic E-state index is -0.814. The lowest BCUT2D eigenvalue weighted by Gasteiger charge is -2.15. The van der Waals surface area contributed by atoms with Crippen molar-refractivity contribution in [3.63, 3.8) is 0 Å². The molecule has 3 heterocycles. The van der Waals surface area contributed by atoms with Crippen LogP contribution in [0.2, 0.25) is 0 Å². The number of carbonyl (C=O) groups excluding carboxylic acids is 2. The molecule has 2 aromatic carbocycles. The maximum Gasteiger partial charge on any atom is 0.267 e. The zero-order valence-electron chi connectivity index (χ0n) is 16.9. The van der Waals surface area contributed by atoms with E-state index in [0.717, 1.165) is 28.2 Å². The van der Waals surface area contributed by atoms with Crippen molar-refractivity contribution in [3.05, 3.63) is 82.2 Å². The monoisotopic (exact) mass is 418 g/mol. The number of imide groups is 1. The van der Waals surface area contributed by atoms with E-state index in [9.17, 15) is 18.4 Å². The molecule has 6 nitrogen and oxygen atoms in total. The maximum atomic E-state index is 14.4. The maximum absolute atomic E-state index is 14.4. The van der Waals surface area contributed by atoms with Gasteiger partial charge in [0.1, 0.15) is 11.5 Å². The molecule has 0 saturated carbocycles.